The maximum absolute atomic E-state index is 12.7. The summed E-state index contributed by atoms with van der Waals surface area (Å²) in [6.07, 6.45) is 0. The minimum absolute atomic E-state index is 0.109. The largest absolute Gasteiger partial charge is 0.465 e. The summed E-state index contributed by atoms with van der Waals surface area (Å²) in [5.74, 6) is -0.746. The molecule has 144 valence electrons. The van der Waals surface area contributed by atoms with E-state index in [1.54, 1.807) is 18.2 Å². The maximum atomic E-state index is 12.7. The highest BCUT2D eigenvalue weighted by Crippen LogP contribution is 2.21. The van der Waals surface area contributed by atoms with Crippen molar-refractivity contribution in [1.82, 2.24) is 5.32 Å². The molecule has 8 heteroatoms. The van der Waals surface area contributed by atoms with Crippen molar-refractivity contribution in [3.63, 3.8) is 0 Å². The fourth-order valence-electron chi connectivity index (χ4n) is 2.27. The lowest BCUT2D eigenvalue weighted by atomic mass is 10.1. The number of benzene rings is 2. The van der Waals surface area contributed by atoms with Gasteiger partial charge >= 0.3 is 5.97 Å². The quantitative estimate of drug-likeness (QED) is 0.708. The first-order valence-corrected chi connectivity index (χ1v) is 9.81. The Hall–Kier alpha value is -2.87. The van der Waals surface area contributed by atoms with Crippen molar-refractivity contribution in [1.29, 1.82) is 0 Å². The van der Waals surface area contributed by atoms with E-state index in [0.29, 0.717) is 6.54 Å². The van der Waals surface area contributed by atoms with Crippen molar-refractivity contribution >= 4 is 27.6 Å². The topological polar surface area (TPSA) is 102 Å². The molecule has 0 saturated carbocycles. The molecular formula is C19H22N2O5S. The van der Waals surface area contributed by atoms with Crippen LogP contribution in [-0.4, -0.2) is 33.9 Å². The van der Waals surface area contributed by atoms with E-state index in [2.05, 4.69) is 14.8 Å². The van der Waals surface area contributed by atoms with Crippen LogP contribution in [0.25, 0.3) is 0 Å². The zero-order chi connectivity index (χ0) is 20.0. The first-order chi connectivity index (χ1) is 12.7. The van der Waals surface area contributed by atoms with Crippen LogP contribution in [0.1, 0.15) is 34.6 Å². The fourth-order valence-corrected chi connectivity index (χ4v) is 3.40. The lowest BCUT2D eigenvalue weighted by molar-refractivity contribution is 0.0600. The number of esters is 1. The molecule has 0 unspecified atom stereocenters. The molecule has 0 saturated heterocycles. The van der Waals surface area contributed by atoms with Gasteiger partial charge in [0.1, 0.15) is 0 Å². The van der Waals surface area contributed by atoms with Gasteiger partial charge in [-0.25, -0.2) is 13.2 Å². The van der Waals surface area contributed by atoms with Crippen molar-refractivity contribution in [2.75, 3.05) is 18.4 Å². The number of hydrogen-bond acceptors (Lipinski definition) is 5. The molecule has 0 fully saturated rings. The first kappa shape index (κ1) is 20.4. The molecule has 0 spiro atoms. The molecule has 0 heterocycles. The lowest BCUT2D eigenvalue weighted by Crippen LogP contribution is -2.28. The number of carbonyl (C=O) groups excluding carboxylic acids is 2. The summed E-state index contributed by atoms with van der Waals surface area (Å²) < 4.78 is 32.4. The molecule has 2 aromatic rings. The average Bonchev–Trinajstić information content (AvgIpc) is 2.65. The van der Waals surface area contributed by atoms with Crippen LogP contribution in [0, 0.1) is 5.92 Å². The predicted molar refractivity (Wildman–Crippen MR) is 102 cm³/mol. The number of rotatable bonds is 7. The van der Waals surface area contributed by atoms with Gasteiger partial charge in [-0.3, -0.25) is 9.52 Å². The van der Waals surface area contributed by atoms with Crippen LogP contribution in [0.15, 0.2) is 53.4 Å². The van der Waals surface area contributed by atoms with Crippen molar-refractivity contribution < 1.29 is 22.7 Å². The first-order valence-electron chi connectivity index (χ1n) is 8.33. The third-order valence-electron chi connectivity index (χ3n) is 3.65. The highest BCUT2D eigenvalue weighted by molar-refractivity contribution is 7.92. The van der Waals surface area contributed by atoms with Gasteiger partial charge < -0.3 is 10.1 Å². The standard InChI is InChI=1S/C19H22N2O5S/c1-13(2)12-20-18(22)16-9-4-5-10-17(16)21-27(24,25)15-8-6-7-14(11-15)19(23)26-3/h4-11,13,21H,12H2,1-3H3,(H,20,22). The summed E-state index contributed by atoms with van der Waals surface area (Å²) in [5, 5.41) is 2.76. The molecule has 0 radical (unpaired) electrons. The zero-order valence-corrected chi connectivity index (χ0v) is 16.2. The number of carbonyl (C=O) groups is 2. The van der Waals surface area contributed by atoms with Gasteiger partial charge in [-0.15, -0.1) is 0 Å². The summed E-state index contributed by atoms with van der Waals surface area (Å²) in [6.45, 7) is 4.40. The Morgan fingerprint density at radius 1 is 1.07 bits per heavy atom. The van der Waals surface area contributed by atoms with Gasteiger partial charge in [-0.2, -0.15) is 0 Å². The van der Waals surface area contributed by atoms with Crippen LogP contribution in [-0.2, 0) is 14.8 Å². The van der Waals surface area contributed by atoms with Gasteiger partial charge in [0.05, 0.1) is 28.8 Å². The van der Waals surface area contributed by atoms with Crippen LogP contribution in [0.5, 0.6) is 0 Å². The molecule has 0 aliphatic carbocycles. The van der Waals surface area contributed by atoms with E-state index in [-0.39, 0.29) is 33.5 Å². The van der Waals surface area contributed by atoms with Crippen LogP contribution < -0.4 is 10.0 Å². The number of anilines is 1. The minimum atomic E-state index is -4.00. The summed E-state index contributed by atoms with van der Waals surface area (Å²) >= 11 is 0. The Balaban J connectivity index is 2.31. The molecule has 0 aliphatic heterocycles. The van der Waals surface area contributed by atoms with Crippen molar-refractivity contribution in [3.8, 4) is 0 Å². The lowest BCUT2D eigenvalue weighted by Gasteiger charge is -2.14. The second-order valence-corrected chi connectivity index (χ2v) is 7.96. The van der Waals surface area contributed by atoms with E-state index in [1.165, 1.54) is 37.4 Å². The minimum Gasteiger partial charge on any atom is -0.465 e. The van der Waals surface area contributed by atoms with Crippen molar-refractivity contribution in [2.24, 2.45) is 5.92 Å². The number of hydrogen-bond donors (Lipinski definition) is 2. The Morgan fingerprint density at radius 2 is 1.78 bits per heavy atom. The van der Waals surface area contributed by atoms with E-state index in [1.807, 2.05) is 13.8 Å². The molecular weight excluding hydrogens is 368 g/mol. The Kier molecular flexibility index (Phi) is 6.57. The highest BCUT2D eigenvalue weighted by atomic mass is 32.2. The molecule has 0 bridgehead atoms. The van der Waals surface area contributed by atoms with E-state index in [0.717, 1.165) is 0 Å². The Morgan fingerprint density at radius 3 is 2.44 bits per heavy atom. The maximum Gasteiger partial charge on any atom is 0.337 e. The monoisotopic (exact) mass is 390 g/mol. The molecule has 0 atom stereocenters. The zero-order valence-electron chi connectivity index (χ0n) is 15.4. The summed E-state index contributed by atoms with van der Waals surface area (Å²) in [7, 11) is -2.79. The third-order valence-corrected chi connectivity index (χ3v) is 5.02. The normalized spacial score (nSPS) is 11.1. The summed E-state index contributed by atoms with van der Waals surface area (Å²) in [4.78, 5) is 23.9. The predicted octanol–water partition coefficient (Wildman–Crippen LogP) is 2.66. The molecule has 1 amide bonds. The molecule has 27 heavy (non-hydrogen) atoms. The number of amides is 1. The second kappa shape index (κ2) is 8.68. The third kappa shape index (κ3) is 5.30. The Labute approximate surface area is 158 Å². The van der Waals surface area contributed by atoms with Gasteiger partial charge in [0, 0.05) is 6.54 Å². The van der Waals surface area contributed by atoms with Crippen LogP contribution in [0.4, 0.5) is 5.69 Å². The van der Waals surface area contributed by atoms with Crippen LogP contribution in [0.3, 0.4) is 0 Å². The molecule has 2 rings (SSSR count). The molecule has 7 nitrogen and oxygen atoms in total. The van der Waals surface area contributed by atoms with Gasteiger partial charge in [0.25, 0.3) is 15.9 Å². The number of nitrogens with one attached hydrogen (secondary N) is 2. The smallest absolute Gasteiger partial charge is 0.337 e. The van der Waals surface area contributed by atoms with E-state index in [4.69, 9.17) is 0 Å². The number of ether oxygens (including phenoxy) is 1. The molecule has 0 aromatic heterocycles. The summed E-state index contributed by atoms with van der Waals surface area (Å²) in [6, 6.07) is 11.8. The number of sulfonamides is 1. The van der Waals surface area contributed by atoms with Gasteiger partial charge in [0.2, 0.25) is 0 Å². The van der Waals surface area contributed by atoms with Crippen LogP contribution in [0.2, 0.25) is 0 Å². The fraction of sp³-hybridized carbons (Fsp3) is 0.263. The van der Waals surface area contributed by atoms with Gasteiger partial charge in [-0.1, -0.05) is 32.0 Å². The van der Waals surface area contributed by atoms with E-state index >= 15 is 0 Å². The second-order valence-electron chi connectivity index (χ2n) is 6.27. The number of methoxy groups -OCH3 is 1. The number of para-hydroxylation sites is 1. The van der Waals surface area contributed by atoms with Gasteiger partial charge in [0.15, 0.2) is 0 Å². The SMILES string of the molecule is COC(=O)c1cccc(S(=O)(=O)Nc2ccccc2C(=O)NCC(C)C)c1. The van der Waals surface area contributed by atoms with Crippen molar-refractivity contribution in [3.05, 3.63) is 59.7 Å². The molecule has 2 aromatic carbocycles. The van der Waals surface area contributed by atoms with Crippen molar-refractivity contribution in [2.45, 2.75) is 18.7 Å². The summed E-state index contributed by atoms with van der Waals surface area (Å²) in [5.41, 5.74) is 0.483. The average molecular weight is 390 g/mol. The highest BCUT2D eigenvalue weighted by Gasteiger charge is 2.20. The van der Waals surface area contributed by atoms with Gasteiger partial charge in [-0.05, 0) is 36.2 Å². The van der Waals surface area contributed by atoms with E-state index < -0.39 is 16.0 Å². The van der Waals surface area contributed by atoms with E-state index in [9.17, 15) is 18.0 Å². The molecule has 2 N–H and O–H groups in total. The molecule has 0 aliphatic rings. The van der Waals surface area contributed by atoms with Crippen LogP contribution >= 0.6 is 0 Å². The Bertz CT molecular complexity index is 939.